The fourth-order valence-electron chi connectivity index (χ4n) is 1.54. The molecule has 0 bridgehead atoms. The summed E-state index contributed by atoms with van der Waals surface area (Å²) >= 11 is 0. The SMILES string of the molecule is COCCC(C)NC(=O)c1cccc(OC)c1O. The first kappa shape index (κ1) is 14.3. The van der Waals surface area contributed by atoms with Gasteiger partial charge in [-0.25, -0.2) is 0 Å². The van der Waals surface area contributed by atoms with Gasteiger partial charge in [-0.3, -0.25) is 4.79 Å². The second kappa shape index (κ2) is 6.86. The summed E-state index contributed by atoms with van der Waals surface area (Å²) in [6.07, 6.45) is 0.715. The Balaban J connectivity index is 2.72. The van der Waals surface area contributed by atoms with E-state index in [1.807, 2.05) is 6.92 Å². The molecule has 1 aromatic carbocycles. The molecule has 0 radical (unpaired) electrons. The summed E-state index contributed by atoms with van der Waals surface area (Å²) in [5, 5.41) is 12.6. The molecule has 1 atom stereocenters. The van der Waals surface area contributed by atoms with Crippen molar-refractivity contribution in [2.24, 2.45) is 0 Å². The molecule has 18 heavy (non-hydrogen) atoms. The summed E-state index contributed by atoms with van der Waals surface area (Å²) in [6, 6.07) is 4.78. The normalized spacial score (nSPS) is 11.9. The molecule has 0 aliphatic rings. The maximum atomic E-state index is 11.9. The van der Waals surface area contributed by atoms with Gasteiger partial charge < -0.3 is 19.9 Å². The largest absolute Gasteiger partial charge is 0.504 e. The number of methoxy groups -OCH3 is 2. The van der Waals surface area contributed by atoms with Crippen molar-refractivity contribution in [3.05, 3.63) is 23.8 Å². The van der Waals surface area contributed by atoms with E-state index in [9.17, 15) is 9.90 Å². The van der Waals surface area contributed by atoms with E-state index in [0.717, 1.165) is 0 Å². The van der Waals surface area contributed by atoms with Crippen molar-refractivity contribution < 1.29 is 19.4 Å². The number of phenolic OH excluding ortho intramolecular Hbond substituents is 1. The Kier molecular flexibility index (Phi) is 5.45. The quantitative estimate of drug-likeness (QED) is 0.807. The van der Waals surface area contributed by atoms with Gasteiger partial charge in [0.25, 0.3) is 5.91 Å². The van der Waals surface area contributed by atoms with Crippen molar-refractivity contribution in [1.82, 2.24) is 5.32 Å². The lowest BCUT2D eigenvalue weighted by molar-refractivity contribution is 0.0926. The van der Waals surface area contributed by atoms with Gasteiger partial charge in [0, 0.05) is 19.8 Å². The number of carbonyl (C=O) groups excluding carboxylic acids is 1. The summed E-state index contributed by atoms with van der Waals surface area (Å²) in [5.74, 6) is -0.182. The van der Waals surface area contributed by atoms with Crippen molar-refractivity contribution in [3.63, 3.8) is 0 Å². The lowest BCUT2D eigenvalue weighted by Gasteiger charge is -2.14. The number of para-hydroxylation sites is 1. The van der Waals surface area contributed by atoms with Crippen LogP contribution in [0, 0.1) is 0 Å². The molecule has 2 N–H and O–H groups in total. The molecule has 0 saturated carbocycles. The lowest BCUT2D eigenvalue weighted by atomic mass is 10.1. The van der Waals surface area contributed by atoms with Gasteiger partial charge in [-0.1, -0.05) is 6.07 Å². The van der Waals surface area contributed by atoms with Crippen LogP contribution in [-0.2, 0) is 4.74 Å². The molecule has 0 fully saturated rings. The first-order valence-corrected chi connectivity index (χ1v) is 5.76. The first-order valence-electron chi connectivity index (χ1n) is 5.76. The molecular weight excluding hydrogens is 234 g/mol. The second-order valence-corrected chi connectivity index (χ2v) is 4.01. The van der Waals surface area contributed by atoms with Crippen LogP contribution in [0.25, 0.3) is 0 Å². The molecule has 1 amide bonds. The van der Waals surface area contributed by atoms with E-state index >= 15 is 0 Å². The molecule has 5 nitrogen and oxygen atoms in total. The van der Waals surface area contributed by atoms with Crippen LogP contribution in [0.3, 0.4) is 0 Å². The Bertz CT molecular complexity index is 406. The molecule has 1 rings (SSSR count). The minimum atomic E-state index is -0.324. The van der Waals surface area contributed by atoms with E-state index in [4.69, 9.17) is 9.47 Å². The third-order valence-corrected chi connectivity index (χ3v) is 2.60. The first-order chi connectivity index (χ1) is 8.60. The Hall–Kier alpha value is -1.75. The molecule has 1 aromatic rings. The molecule has 0 aliphatic carbocycles. The molecule has 5 heteroatoms. The van der Waals surface area contributed by atoms with E-state index in [2.05, 4.69) is 5.32 Å². The highest BCUT2D eigenvalue weighted by Gasteiger charge is 2.16. The van der Waals surface area contributed by atoms with Gasteiger partial charge in [-0.15, -0.1) is 0 Å². The number of ether oxygens (including phenoxy) is 2. The van der Waals surface area contributed by atoms with Gasteiger partial charge in [-0.05, 0) is 25.5 Å². The fourth-order valence-corrected chi connectivity index (χ4v) is 1.54. The standard InChI is InChI=1S/C13H19NO4/c1-9(7-8-17-2)14-13(16)10-5-4-6-11(18-3)12(10)15/h4-6,9,15H,7-8H2,1-3H3,(H,14,16). The number of hydrogen-bond donors (Lipinski definition) is 2. The fraction of sp³-hybridized carbons (Fsp3) is 0.462. The topological polar surface area (TPSA) is 67.8 Å². The average molecular weight is 253 g/mol. The highest BCUT2D eigenvalue weighted by atomic mass is 16.5. The van der Waals surface area contributed by atoms with E-state index < -0.39 is 0 Å². The predicted octanol–water partition coefficient (Wildman–Crippen LogP) is 1.56. The van der Waals surface area contributed by atoms with Crippen molar-refractivity contribution in [3.8, 4) is 11.5 Å². The van der Waals surface area contributed by atoms with Crippen LogP contribution < -0.4 is 10.1 Å². The number of amides is 1. The third kappa shape index (κ3) is 3.63. The Morgan fingerprint density at radius 3 is 2.78 bits per heavy atom. The van der Waals surface area contributed by atoms with Gasteiger partial charge in [-0.2, -0.15) is 0 Å². The Labute approximate surface area is 107 Å². The van der Waals surface area contributed by atoms with Crippen LogP contribution in [0.15, 0.2) is 18.2 Å². The van der Waals surface area contributed by atoms with E-state index in [1.165, 1.54) is 7.11 Å². The van der Waals surface area contributed by atoms with Crippen molar-refractivity contribution >= 4 is 5.91 Å². The van der Waals surface area contributed by atoms with E-state index in [0.29, 0.717) is 13.0 Å². The Morgan fingerprint density at radius 2 is 2.17 bits per heavy atom. The van der Waals surface area contributed by atoms with Crippen LogP contribution in [0.5, 0.6) is 11.5 Å². The monoisotopic (exact) mass is 253 g/mol. The molecule has 0 aliphatic heterocycles. The molecule has 0 heterocycles. The van der Waals surface area contributed by atoms with Crippen LogP contribution >= 0.6 is 0 Å². The minimum absolute atomic E-state index is 0.0250. The van der Waals surface area contributed by atoms with Crippen LogP contribution in [0.2, 0.25) is 0 Å². The summed E-state index contributed by atoms with van der Waals surface area (Å²) in [4.78, 5) is 11.9. The van der Waals surface area contributed by atoms with Crippen LogP contribution in [0.1, 0.15) is 23.7 Å². The lowest BCUT2D eigenvalue weighted by Crippen LogP contribution is -2.33. The molecule has 100 valence electrons. The van der Waals surface area contributed by atoms with E-state index in [-0.39, 0.29) is 29.0 Å². The summed E-state index contributed by atoms with van der Waals surface area (Å²) in [6.45, 7) is 2.46. The van der Waals surface area contributed by atoms with Crippen molar-refractivity contribution in [2.45, 2.75) is 19.4 Å². The molecule has 1 unspecified atom stereocenters. The number of rotatable bonds is 6. The van der Waals surface area contributed by atoms with Gasteiger partial charge >= 0.3 is 0 Å². The number of nitrogens with one attached hydrogen (secondary N) is 1. The molecular formula is C13H19NO4. The number of carbonyl (C=O) groups is 1. The van der Waals surface area contributed by atoms with Gasteiger partial charge in [0.1, 0.15) is 0 Å². The summed E-state index contributed by atoms with van der Waals surface area (Å²) in [5.41, 5.74) is 0.207. The maximum Gasteiger partial charge on any atom is 0.255 e. The number of hydrogen-bond acceptors (Lipinski definition) is 4. The van der Waals surface area contributed by atoms with Crippen LogP contribution in [0.4, 0.5) is 0 Å². The Morgan fingerprint density at radius 1 is 1.44 bits per heavy atom. The van der Waals surface area contributed by atoms with Gasteiger partial charge in [0.15, 0.2) is 11.5 Å². The smallest absolute Gasteiger partial charge is 0.255 e. The minimum Gasteiger partial charge on any atom is -0.504 e. The molecule has 0 spiro atoms. The number of benzene rings is 1. The number of phenols is 1. The zero-order valence-corrected chi connectivity index (χ0v) is 10.9. The zero-order chi connectivity index (χ0) is 13.5. The highest BCUT2D eigenvalue weighted by molar-refractivity contribution is 5.97. The molecule has 0 aromatic heterocycles. The van der Waals surface area contributed by atoms with Gasteiger partial charge in [0.2, 0.25) is 0 Å². The van der Waals surface area contributed by atoms with Gasteiger partial charge in [0.05, 0.1) is 12.7 Å². The average Bonchev–Trinajstić information content (AvgIpc) is 2.36. The van der Waals surface area contributed by atoms with Crippen molar-refractivity contribution in [2.75, 3.05) is 20.8 Å². The summed E-state index contributed by atoms with van der Waals surface area (Å²) in [7, 11) is 3.06. The van der Waals surface area contributed by atoms with Crippen LogP contribution in [-0.4, -0.2) is 37.9 Å². The number of aromatic hydroxyl groups is 1. The third-order valence-electron chi connectivity index (χ3n) is 2.60. The van der Waals surface area contributed by atoms with E-state index in [1.54, 1.807) is 25.3 Å². The highest BCUT2D eigenvalue weighted by Crippen LogP contribution is 2.29. The predicted molar refractivity (Wildman–Crippen MR) is 68.1 cm³/mol. The maximum absolute atomic E-state index is 11.9. The second-order valence-electron chi connectivity index (χ2n) is 4.01. The van der Waals surface area contributed by atoms with Crippen molar-refractivity contribution in [1.29, 1.82) is 0 Å². The summed E-state index contributed by atoms with van der Waals surface area (Å²) < 4.78 is 9.89. The molecule has 0 saturated heterocycles. The zero-order valence-electron chi connectivity index (χ0n) is 10.9.